The molecule has 6 nitrogen and oxygen atoms in total. The van der Waals surface area contributed by atoms with E-state index < -0.39 is 17.8 Å². The summed E-state index contributed by atoms with van der Waals surface area (Å²) in [6, 6.07) is 13.1. The molecule has 2 amide bonds. The first kappa shape index (κ1) is 21.6. The Hall–Kier alpha value is -3.62. The SMILES string of the molecule is C[C@@H]1CCN(C)c2ccc(-c3ccccc3C(F)(F)F)nc2N1C(=O)Nc1ccccn1. The Balaban J connectivity index is 1.81. The minimum Gasteiger partial charge on any atom is -0.372 e. The van der Waals surface area contributed by atoms with Gasteiger partial charge in [-0.25, -0.2) is 14.8 Å². The van der Waals surface area contributed by atoms with Gasteiger partial charge in [-0.3, -0.25) is 10.2 Å². The third-order valence-corrected chi connectivity index (χ3v) is 5.44. The molecular formula is C23H22F3N5O. The van der Waals surface area contributed by atoms with Crippen LogP contribution in [0.1, 0.15) is 18.9 Å². The summed E-state index contributed by atoms with van der Waals surface area (Å²) < 4.78 is 40.8. The molecule has 1 aliphatic heterocycles. The topological polar surface area (TPSA) is 61.4 Å². The minimum atomic E-state index is -4.52. The second-order valence-corrected chi connectivity index (χ2v) is 7.66. The third kappa shape index (κ3) is 4.23. The van der Waals surface area contributed by atoms with Crippen LogP contribution in [0.25, 0.3) is 11.3 Å². The first-order valence-corrected chi connectivity index (χ1v) is 10.2. The molecule has 1 N–H and O–H groups in total. The van der Waals surface area contributed by atoms with Crippen molar-refractivity contribution in [1.29, 1.82) is 0 Å². The van der Waals surface area contributed by atoms with E-state index in [1.54, 1.807) is 36.5 Å². The van der Waals surface area contributed by atoms with Crippen LogP contribution >= 0.6 is 0 Å². The van der Waals surface area contributed by atoms with E-state index in [1.165, 1.54) is 23.1 Å². The number of hydrogen-bond acceptors (Lipinski definition) is 4. The lowest BCUT2D eigenvalue weighted by molar-refractivity contribution is -0.137. The standard InChI is InChI=1S/C23H22F3N5O/c1-15-12-14-30(2)19-11-10-18(16-7-3-4-8-17(16)23(24,25)26)28-21(19)31(15)22(32)29-20-9-5-6-13-27-20/h3-11,13,15H,12,14H2,1-2H3,(H,27,29,32)/t15-/m1/s1. The molecule has 0 aliphatic carbocycles. The number of benzene rings is 1. The first-order valence-electron chi connectivity index (χ1n) is 10.2. The summed E-state index contributed by atoms with van der Waals surface area (Å²) in [6.07, 6.45) is -2.30. The Bertz CT molecular complexity index is 1120. The summed E-state index contributed by atoms with van der Waals surface area (Å²) in [5, 5.41) is 2.76. The Morgan fingerprint density at radius 1 is 1.09 bits per heavy atom. The lowest BCUT2D eigenvalue weighted by Gasteiger charge is -2.28. The molecule has 0 saturated heterocycles. The molecule has 0 radical (unpaired) electrons. The van der Waals surface area contributed by atoms with Crippen LogP contribution in [0.3, 0.4) is 0 Å². The van der Waals surface area contributed by atoms with Crippen LogP contribution in [0.4, 0.5) is 35.3 Å². The van der Waals surface area contributed by atoms with Crippen molar-refractivity contribution in [3.8, 4) is 11.3 Å². The second kappa shape index (κ2) is 8.49. The van der Waals surface area contributed by atoms with Gasteiger partial charge in [-0.05, 0) is 43.7 Å². The number of fused-ring (bicyclic) bond motifs is 1. The zero-order valence-electron chi connectivity index (χ0n) is 17.6. The lowest BCUT2D eigenvalue weighted by atomic mass is 10.0. The lowest BCUT2D eigenvalue weighted by Crippen LogP contribution is -2.42. The number of aromatic nitrogens is 2. The summed E-state index contributed by atoms with van der Waals surface area (Å²) in [7, 11) is 1.87. The van der Waals surface area contributed by atoms with Crippen molar-refractivity contribution in [2.75, 3.05) is 28.7 Å². The highest BCUT2D eigenvalue weighted by molar-refractivity contribution is 6.03. The molecule has 9 heteroatoms. The maximum absolute atomic E-state index is 13.6. The van der Waals surface area contributed by atoms with Crippen molar-refractivity contribution in [2.45, 2.75) is 25.6 Å². The van der Waals surface area contributed by atoms with E-state index in [0.717, 1.165) is 6.07 Å². The van der Waals surface area contributed by atoms with Gasteiger partial charge in [0, 0.05) is 31.4 Å². The van der Waals surface area contributed by atoms with E-state index in [-0.39, 0.29) is 17.3 Å². The molecule has 3 heterocycles. The van der Waals surface area contributed by atoms with E-state index >= 15 is 0 Å². The van der Waals surface area contributed by atoms with Crippen molar-refractivity contribution in [3.63, 3.8) is 0 Å². The van der Waals surface area contributed by atoms with Crippen molar-refractivity contribution in [3.05, 3.63) is 66.4 Å². The van der Waals surface area contributed by atoms with Crippen molar-refractivity contribution >= 4 is 23.4 Å². The van der Waals surface area contributed by atoms with E-state index in [1.807, 2.05) is 18.9 Å². The predicted molar refractivity (Wildman–Crippen MR) is 118 cm³/mol. The predicted octanol–water partition coefficient (Wildman–Crippen LogP) is 5.43. The molecular weight excluding hydrogens is 419 g/mol. The van der Waals surface area contributed by atoms with Gasteiger partial charge >= 0.3 is 12.2 Å². The quantitative estimate of drug-likeness (QED) is 0.576. The molecule has 4 rings (SSSR count). The van der Waals surface area contributed by atoms with E-state index in [0.29, 0.717) is 30.3 Å². The number of anilines is 3. The Kier molecular flexibility index (Phi) is 5.73. The fourth-order valence-electron chi connectivity index (χ4n) is 3.76. The summed E-state index contributed by atoms with van der Waals surface area (Å²) in [4.78, 5) is 25.3. The number of carbonyl (C=O) groups excluding carboxylic acids is 1. The number of urea groups is 1. The molecule has 1 aromatic carbocycles. The van der Waals surface area contributed by atoms with Gasteiger partial charge in [0.05, 0.1) is 16.9 Å². The summed E-state index contributed by atoms with van der Waals surface area (Å²) in [6.45, 7) is 2.56. The van der Waals surface area contributed by atoms with Crippen LogP contribution in [0, 0.1) is 0 Å². The monoisotopic (exact) mass is 441 g/mol. The van der Waals surface area contributed by atoms with Gasteiger partial charge in [0.1, 0.15) is 5.82 Å². The van der Waals surface area contributed by atoms with E-state index in [9.17, 15) is 18.0 Å². The first-order chi connectivity index (χ1) is 15.3. The van der Waals surface area contributed by atoms with Crippen molar-refractivity contribution in [2.24, 2.45) is 0 Å². The molecule has 0 fully saturated rings. The zero-order valence-corrected chi connectivity index (χ0v) is 17.6. The highest BCUT2D eigenvalue weighted by Crippen LogP contribution is 2.39. The van der Waals surface area contributed by atoms with Gasteiger partial charge in [0.25, 0.3) is 0 Å². The molecule has 0 unspecified atom stereocenters. The van der Waals surface area contributed by atoms with Gasteiger partial charge < -0.3 is 4.90 Å². The Morgan fingerprint density at radius 2 is 1.84 bits per heavy atom. The average Bonchev–Trinajstić information content (AvgIpc) is 2.89. The van der Waals surface area contributed by atoms with Crippen LogP contribution in [0.5, 0.6) is 0 Å². The number of hydrogen-bond donors (Lipinski definition) is 1. The molecule has 1 aliphatic rings. The van der Waals surface area contributed by atoms with Gasteiger partial charge in [0.2, 0.25) is 0 Å². The fraction of sp³-hybridized carbons (Fsp3) is 0.261. The van der Waals surface area contributed by atoms with E-state index in [2.05, 4.69) is 15.3 Å². The molecule has 0 saturated carbocycles. The number of halogens is 3. The average molecular weight is 441 g/mol. The van der Waals surface area contributed by atoms with Crippen LogP contribution in [0.15, 0.2) is 60.8 Å². The van der Waals surface area contributed by atoms with Crippen LogP contribution in [0.2, 0.25) is 0 Å². The summed E-state index contributed by atoms with van der Waals surface area (Å²) >= 11 is 0. The highest BCUT2D eigenvalue weighted by atomic mass is 19.4. The number of alkyl halides is 3. The normalized spacial score (nSPS) is 16.3. The van der Waals surface area contributed by atoms with Crippen LogP contribution < -0.4 is 15.1 Å². The summed E-state index contributed by atoms with van der Waals surface area (Å²) in [5.74, 6) is 0.683. The number of nitrogens with one attached hydrogen (secondary N) is 1. The van der Waals surface area contributed by atoms with Gasteiger partial charge in [-0.15, -0.1) is 0 Å². The Morgan fingerprint density at radius 3 is 2.56 bits per heavy atom. The van der Waals surface area contributed by atoms with Crippen molar-refractivity contribution in [1.82, 2.24) is 9.97 Å². The molecule has 2 aromatic heterocycles. The number of carbonyl (C=O) groups is 1. The smallest absolute Gasteiger partial charge is 0.372 e. The van der Waals surface area contributed by atoms with Gasteiger partial charge in [0.15, 0.2) is 5.82 Å². The zero-order chi connectivity index (χ0) is 22.9. The summed E-state index contributed by atoms with van der Waals surface area (Å²) in [5.41, 5.74) is 0.00738. The maximum atomic E-state index is 13.6. The number of amides is 2. The second-order valence-electron chi connectivity index (χ2n) is 7.66. The van der Waals surface area contributed by atoms with Crippen LogP contribution in [-0.2, 0) is 6.18 Å². The highest BCUT2D eigenvalue weighted by Gasteiger charge is 2.35. The Labute approximate surface area is 183 Å². The number of nitrogens with zero attached hydrogens (tertiary/aromatic N) is 4. The number of pyridine rings is 2. The maximum Gasteiger partial charge on any atom is 0.417 e. The third-order valence-electron chi connectivity index (χ3n) is 5.44. The fourth-order valence-corrected chi connectivity index (χ4v) is 3.76. The van der Waals surface area contributed by atoms with Crippen LogP contribution in [-0.4, -0.2) is 35.6 Å². The molecule has 166 valence electrons. The van der Waals surface area contributed by atoms with Gasteiger partial charge in [-0.2, -0.15) is 13.2 Å². The van der Waals surface area contributed by atoms with Crippen molar-refractivity contribution < 1.29 is 18.0 Å². The minimum absolute atomic E-state index is 0.0348. The largest absolute Gasteiger partial charge is 0.417 e. The number of rotatable bonds is 2. The van der Waals surface area contributed by atoms with E-state index in [4.69, 9.17) is 0 Å². The molecule has 0 bridgehead atoms. The molecule has 3 aromatic rings. The molecule has 1 atom stereocenters. The van der Waals surface area contributed by atoms with Gasteiger partial charge in [-0.1, -0.05) is 24.3 Å². The molecule has 0 spiro atoms. The molecule has 32 heavy (non-hydrogen) atoms.